The summed E-state index contributed by atoms with van der Waals surface area (Å²) in [6, 6.07) is 1.98. The number of amides is 1. The van der Waals surface area contributed by atoms with Crippen LogP contribution in [-0.4, -0.2) is 37.5 Å². The summed E-state index contributed by atoms with van der Waals surface area (Å²) in [6.07, 6.45) is 10.4. The Bertz CT molecular complexity index is 1090. The van der Waals surface area contributed by atoms with Crippen molar-refractivity contribution in [2.75, 3.05) is 6.54 Å². The summed E-state index contributed by atoms with van der Waals surface area (Å²) >= 11 is 0. The number of likely N-dealkylation sites (tertiary alicyclic amines) is 1. The molecule has 0 radical (unpaired) electrons. The molecule has 7 nitrogen and oxygen atoms in total. The van der Waals surface area contributed by atoms with E-state index >= 15 is 0 Å². The Balaban J connectivity index is 1.64. The molecule has 1 atom stereocenters. The van der Waals surface area contributed by atoms with Gasteiger partial charge in [0.1, 0.15) is 11.6 Å². The quantitative estimate of drug-likeness (QED) is 0.537. The van der Waals surface area contributed by atoms with Gasteiger partial charge in [-0.2, -0.15) is 0 Å². The zero-order valence-electron chi connectivity index (χ0n) is 19.4. The largest absolute Gasteiger partial charge is 0.361 e. The molecule has 3 aromatic rings. The molecule has 4 rings (SSSR count). The fraction of sp³-hybridized carbons (Fsp3) is 0.480. The van der Waals surface area contributed by atoms with Crippen LogP contribution in [0.2, 0.25) is 0 Å². The molecule has 0 unspecified atom stereocenters. The molecule has 3 aromatic heterocycles. The van der Waals surface area contributed by atoms with Crippen molar-refractivity contribution in [3.05, 3.63) is 58.8 Å². The Morgan fingerprint density at radius 2 is 2.03 bits per heavy atom. The van der Waals surface area contributed by atoms with Crippen molar-refractivity contribution < 1.29 is 9.32 Å². The van der Waals surface area contributed by atoms with Crippen LogP contribution in [0.15, 0.2) is 29.2 Å². The van der Waals surface area contributed by atoms with Gasteiger partial charge in [-0.3, -0.25) is 9.78 Å². The molecule has 1 saturated heterocycles. The molecule has 0 bridgehead atoms. The average Bonchev–Trinajstić information content (AvgIpc) is 3.40. The Morgan fingerprint density at radius 1 is 1.19 bits per heavy atom. The maximum Gasteiger partial charge on any atom is 0.223 e. The van der Waals surface area contributed by atoms with Crippen molar-refractivity contribution in [2.24, 2.45) is 0 Å². The van der Waals surface area contributed by atoms with E-state index in [2.05, 4.69) is 22.0 Å². The van der Waals surface area contributed by atoms with Crippen LogP contribution in [0.4, 0.5) is 0 Å². The van der Waals surface area contributed by atoms with Crippen molar-refractivity contribution >= 4 is 5.91 Å². The van der Waals surface area contributed by atoms with Gasteiger partial charge < -0.3 is 9.42 Å². The number of pyridine rings is 1. The van der Waals surface area contributed by atoms with Gasteiger partial charge in [-0.15, -0.1) is 0 Å². The molecule has 7 heteroatoms. The van der Waals surface area contributed by atoms with Gasteiger partial charge in [-0.25, -0.2) is 9.97 Å². The molecule has 4 heterocycles. The smallest absolute Gasteiger partial charge is 0.223 e. The maximum absolute atomic E-state index is 13.3. The molecule has 1 aliphatic heterocycles. The van der Waals surface area contributed by atoms with Gasteiger partial charge in [-0.1, -0.05) is 12.1 Å². The fourth-order valence-corrected chi connectivity index (χ4v) is 4.60. The van der Waals surface area contributed by atoms with Crippen molar-refractivity contribution in [2.45, 2.75) is 72.3 Å². The predicted molar refractivity (Wildman–Crippen MR) is 122 cm³/mol. The number of hydrogen-bond donors (Lipinski definition) is 0. The van der Waals surface area contributed by atoms with Crippen molar-refractivity contribution in [1.82, 2.24) is 25.0 Å². The second-order valence-corrected chi connectivity index (χ2v) is 8.57. The van der Waals surface area contributed by atoms with E-state index in [0.29, 0.717) is 12.8 Å². The first-order valence-corrected chi connectivity index (χ1v) is 11.5. The Labute approximate surface area is 189 Å². The third-order valence-corrected chi connectivity index (χ3v) is 6.31. The molecule has 32 heavy (non-hydrogen) atoms. The summed E-state index contributed by atoms with van der Waals surface area (Å²) in [5.41, 5.74) is 6.02. The van der Waals surface area contributed by atoms with E-state index in [1.54, 1.807) is 6.20 Å². The topological polar surface area (TPSA) is 85.0 Å². The van der Waals surface area contributed by atoms with E-state index in [0.717, 1.165) is 77.5 Å². The molecular weight excluding hydrogens is 402 g/mol. The first-order chi connectivity index (χ1) is 15.5. The van der Waals surface area contributed by atoms with E-state index in [1.807, 2.05) is 44.1 Å². The van der Waals surface area contributed by atoms with Crippen molar-refractivity contribution in [3.63, 3.8) is 0 Å². The molecule has 1 aliphatic rings. The third-order valence-electron chi connectivity index (χ3n) is 6.31. The summed E-state index contributed by atoms with van der Waals surface area (Å²) in [7, 11) is 0. The van der Waals surface area contributed by atoms with Gasteiger partial charge in [0.25, 0.3) is 0 Å². The minimum absolute atomic E-state index is 0.0339. The highest BCUT2D eigenvalue weighted by Gasteiger charge is 2.33. The average molecular weight is 434 g/mol. The maximum atomic E-state index is 13.3. The Morgan fingerprint density at radius 3 is 2.75 bits per heavy atom. The number of aromatic nitrogens is 4. The van der Waals surface area contributed by atoms with Crippen LogP contribution >= 0.6 is 0 Å². The van der Waals surface area contributed by atoms with Crippen LogP contribution in [0.3, 0.4) is 0 Å². The van der Waals surface area contributed by atoms with Gasteiger partial charge >= 0.3 is 0 Å². The minimum Gasteiger partial charge on any atom is -0.361 e. The van der Waals surface area contributed by atoms with Crippen LogP contribution in [-0.2, 0) is 17.6 Å². The number of rotatable bonds is 7. The second kappa shape index (κ2) is 9.59. The van der Waals surface area contributed by atoms with Crippen LogP contribution in [0.5, 0.6) is 0 Å². The van der Waals surface area contributed by atoms with Gasteiger partial charge in [0.15, 0.2) is 0 Å². The van der Waals surface area contributed by atoms with E-state index < -0.39 is 0 Å². The molecule has 0 N–H and O–H groups in total. The molecule has 0 saturated carbocycles. The first-order valence-electron chi connectivity index (χ1n) is 11.5. The highest BCUT2D eigenvalue weighted by molar-refractivity contribution is 5.78. The zero-order valence-corrected chi connectivity index (χ0v) is 19.4. The van der Waals surface area contributed by atoms with Crippen LogP contribution in [0, 0.1) is 20.8 Å². The number of hydrogen-bond acceptors (Lipinski definition) is 6. The monoisotopic (exact) mass is 433 g/mol. The molecule has 168 valence electrons. The number of carbonyl (C=O) groups is 1. The minimum atomic E-state index is -0.0339. The van der Waals surface area contributed by atoms with Gasteiger partial charge in [-0.05, 0) is 63.6 Å². The highest BCUT2D eigenvalue weighted by atomic mass is 16.5. The summed E-state index contributed by atoms with van der Waals surface area (Å²) in [4.78, 5) is 29.1. The highest BCUT2D eigenvalue weighted by Crippen LogP contribution is 2.37. The van der Waals surface area contributed by atoms with E-state index in [1.165, 1.54) is 0 Å². The van der Waals surface area contributed by atoms with E-state index in [-0.39, 0.29) is 11.9 Å². The number of nitrogens with zero attached hydrogens (tertiary/aromatic N) is 5. The lowest BCUT2D eigenvalue weighted by atomic mass is 9.97. The summed E-state index contributed by atoms with van der Waals surface area (Å²) in [5, 5.41) is 4.01. The summed E-state index contributed by atoms with van der Waals surface area (Å²) in [6.45, 7) is 8.76. The zero-order chi connectivity index (χ0) is 22.7. The third kappa shape index (κ3) is 4.42. The molecule has 0 spiro atoms. The Kier molecular flexibility index (Phi) is 6.63. The lowest BCUT2D eigenvalue weighted by Crippen LogP contribution is -2.31. The standard InChI is InChI=1S/C25H31N5O2/c1-5-7-23-27-15-21(19-11-12-26-14-16(19)2)25(28-23)22-8-6-13-30(22)24(31)10-9-20-17(3)29-32-18(20)4/h11-12,14-15,22H,5-10,13H2,1-4H3/t22-/m0/s1. The van der Waals surface area contributed by atoms with Gasteiger partial charge in [0, 0.05) is 49.1 Å². The SMILES string of the molecule is CCCc1ncc(-c2ccncc2C)c([C@@H]2CCCN2C(=O)CCc2c(C)noc2C)n1. The summed E-state index contributed by atoms with van der Waals surface area (Å²) < 4.78 is 5.26. The molecule has 1 amide bonds. The lowest BCUT2D eigenvalue weighted by molar-refractivity contribution is -0.132. The number of aryl methyl sites for hydroxylation is 4. The first kappa shape index (κ1) is 22.1. The van der Waals surface area contributed by atoms with E-state index in [9.17, 15) is 4.79 Å². The van der Waals surface area contributed by atoms with E-state index in [4.69, 9.17) is 9.51 Å². The van der Waals surface area contributed by atoms with Crippen molar-refractivity contribution in [3.8, 4) is 11.1 Å². The van der Waals surface area contributed by atoms with Gasteiger partial charge in [0.2, 0.25) is 5.91 Å². The summed E-state index contributed by atoms with van der Waals surface area (Å²) in [5.74, 6) is 1.79. The predicted octanol–water partition coefficient (Wildman–Crippen LogP) is 4.70. The van der Waals surface area contributed by atoms with Crippen LogP contribution in [0.25, 0.3) is 11.1 Å². The lowest BCUT2D eigenvalue weighted by Gasteiger charge is -2.26. The normalized spacial score (nSPS) is 16.0. The molecule has 0 aromatic carbocycles. The second-order valence-electron chi connectivity index (χ2n) is 8.57. The number of carbonyl (C=O) groups excluding carboxylic acids is 1. The fourth-order valence-electron chi connectivity index (χ4n) is 4.60. The van der Waals surface area contributed by atoms with Gasteiger partial charge in [0.05, 0.1) is 17.4 Å². The van der Waals surface area contributed by atoms with Crippen LogP contribution in [0.1, 0.15) is 72.7 Å². The Hall–Kier alpha value is -3.09. The molecular formula is C25H31N5O2. The molecule has 1 fully saturated rings. The van der Waals surface area contributed by atoms with Crippen LogP contribution < -0.4 is 0 Å². The van der Waals surface area contributed by atoms with Crippen molar-refractivity contribution in [1.29, 1.82) is 0 Å². The molecule has 0 aliphatic carbocycles.